The van der Waals surface area contributed by atoms with E-state index in [-0.39, 0.29) is 11.6 Å². The standard InChI is InChI=1S/C19H23N3O3/c1-2-19(11-13-24-14-12-19)22-18(23)21-16-9-6-10-17(20-16)25-15-7-4-3-5-8-15/h3-10H,2,11-14H2,1H3,(H2,20,21,22,23). The molecule has 0 aliphatic carbocycles. The van der Waals surface area contributed by atoms with Crippen molar-refractivity contribution in [2.45, 2.75) is 31.7 Å². The Hall–Kier alpha value is -2.60. The van der Waals surface area contributed by atoms with Gasteiger partial charge in [0.2, 0.25) is 5.88 Å². The monoisotopic (exact) mass is 341 g/mol. The molecule has 1 aliphatic rings. The molecule has 2 N–H and O–H groups in total. The third kappa shape index (κ3) is 4.70. The highest BCUT2D eigenvalue weighted by Gasteiger charge is 2.32. The number of urea groups is 1. The molecule has 1 aromatic heterocycles. The molecule has 1 aromatic carbocycles. The van der Waals surface area contributed by atoms with Crippen molar-refractivity contribution in [3.8, 4) is 11.6 Å². The Kier molecular flexibility index (Phi) is 5.50. The van der Waals surface area contributed by atoms with E-state index in [0.29, 0.717) is 30.7 Å². The highest BCUT2D eigenvalue weighted by atomic mass is 16.5. The Morgan fingerprint density at radius 1 is 1.16 bits per heavy atom. The maximum Gasteiger partial charge on any atom is 0.320 e. The summed E-state index contributed by atoms with van der Waals surface area (Å²) < 4.78 is 11.1. The molecule has 0 atom stereocenters. The van der Waals surface area contributed by atoms with Gasteiger partial charge < -0.3 is 14.8 Å². The number of pyridine rings is 1. The Balaban J connectivity index is 1.62. The summed E-state index contributed by atoms with van der Waals surface area (Å²) in [7, 11) is 0. The molecule has 0 spiro atoms. The summed E-state index contributed by atoms with van der Waals surface area (Å²) in [5, 5.41) is 5.88. The normalized spacial score (nSPS) is 16.0. The van der Waals surface area contributed by atoms with Gasteiger partial charge in [-0.25, -0.2) is 4.79 Å². The minimum absolute atomic E-state index is 0.208. The van der Waals surface area contributed by atoms with E-state index in [1.165, 1.54) is 0 Å². The summed E-state index contributed by atoms with van der Waals surface area (Å²) in [5.74, 6) is 1.58. The lowest BCUT2D eigenvalue weighted by Gasteiger charge is -2.37. The Bertz CT molecular complexity index is 700. The molecule has 6 nitrogen and oxygen atoms in total. The van der Waals surface area contributed by atoms with Crippen LogP contribution in [0.2, 0.25) is 0 Å². The third-order valence-corrected chi connectivity index (χ3v) is 4.44. The lowest BCUT2D eigenvalue weighted by molar-refractivity contribution is 0.0416. The topological polar surface area (TPSA) is 72.5 Å². The molecule has 0 bridgehead atoms. The minimum Gasteiger partial charge on any atom is -0.439 e. The fraction of sp³-hybridized carbons (Fsp3) is 0.368. The van der Waals surface area contributed by atoms with Crippen LogP contribution >= 0.6 is 0 Å². The molecule has 25 heavy (non-hydrogen) atoms. The summed E-state index contributed by atoms with van der Waals surface area (Å²) in [6.45, 7) is 3.43. The maximum atomic E-state index is 12.4. The number of hydrogen-bond acceptors (Lipinski definition) is 4. The van der Waals surface area contributed by atoms with Crippen LogP contribution in [0.15, 0.2) is 48.5 Å². The Morgan fingerprint density at radius 3 is 2.64 bits per heavy atom. The van der Waals surface area contributed by atoms with Gasteiger partial charge in [0.05, 0.1) is 0 Å². The lowest BCUT2D eigenvalue weighted by Crippen LogP contribution is -2.52. The van der Waals surface area contributed by atoms with Gasteiger partial charge in [0.1, 0.15) is 11.6 Å². The number of amides is 2. The lowest BCUT2D eigenvalue weighted by atomic mass is 9.87. The van der Waals surface area contributed by atoms with Crippen molar-refractivity contribution in [2.24, 2.45) is 0 Å². The van der Waals surface area contributed by atoms with E-state index in [0.717, 1.165) is 19.3 Å². The van der Waals surface area contributed by atoms with Crippen LogP contribution in [0.5, 0.6) is 11.6 Å². The van der Waals surface area contributed by atoms with Gasteiger partial charge in [-0.2, -0.15) is 4.98 Å². The number of ether oxygens (including phenoxy) is 2. The SMILES string of the molecule is CCC1(NC(=O)Nc2cccc(Oc3ccccc3)n2)CCOCC1. The van der Waals surface area contributed by atoms with Crippen molar-refractivity contribution in [3.63, 3.8) is 0 Å². The van der Waals surface area contributed by atoms with E-state index in [4.69, 9.17) is 9.47 Å². The van der Waals surface area contributed by atoms with Crippen molar-refractivity contribution in [1.82, 2.24) is 10.3 Å². The summed E-state index contributed by atoms with van der Waals surface area (Å²) in [6.07, 6.45) is 2.51. The highest BCUT2D eigenvalue weighted by molar-refractivity contribution is 5.88. The van der Waals surface area contributed by atoms with E-state index in [9.17, 15) is 4.79 Å². The Morgan fingerprint density at radius 2 is 1.92 bits per heavy atom. The first kappa shape index (κ1) is 17.2. The van der Waals surface area contributed by atoms with Gasteiger partial charge >= 0.3 is 6.03 Å². The molecule has 0 saturated carbocycles. The zero-order valence-electron chi connectivity index (χ0n) is 14.3. The van der Waals surface area contributed by atoms with Gasteiger partial charge in [-0.3, -0.25) is 5.32 Å². The molecule has 0 radical (unpaired) electrons. The molecule has 2 heterocycles. The van der Waals surface area contributed by atoms with E-state index in [2.05, 4.69) is 22.5 Å². The molecule has 0 unspecified atom stereocenters. The first-order valence-electron chi connectivity index (χ1n) is 8.56. The number of anilines is 1. The second kappa shape index (κ2) is 7.98. The smallest absolute Gasteiger partial charge is 0.320 e. The molecule has 2 aromatic rings. The van der Waals surface area contributed by atoms with Crippen LogP contribution in [-0.2, 0) is 4.74 Å². The van der Waals surface area contributed by atoms with E-state index >= 15 is 0 Å². The largest absolute Gasteiger partial charge is 0.439 e. The van der Waals surface area contributed by atoms with E-state index in [1.807, 2.05) is 30.3 Å². The average molecular weight is 341 g/mol. The number of para-hydroxylation sites is 1. The number of nitrogens with one attached hydrogen (secondary N) is 2. The van der Waals surface area contributed by atoms with Gasteiger partial charge in [-0.15, -0.1) is 0 Å². The molecule has 3 rings (SSSR count). The van der Waals surface area contributed by atoms with Crippen LogP contribution < -0.4 is 15.4 Å². The number of carbonyl (C=O) groups is 1. The van der Waals surface area contributed by atoms with Crippen molar-refractivity contribution in [3.05, 3.63) is 48.5 Å². The fourth-order valence-corrected chi connectivity index (χ4v) is 2.87. The van der Waals surface area contributed by atoms with Gasteiger partial charge in [0, 0.05) is 24.8 Å². The fourth-order valence-electron chi connectivity index (χ4n) is 2.87. The summed E-state index contributed by atoms with van der Waals surface area (Å²) in [5.41, 5.74) is -0.208. The predicted molar refractivity (Wildman–Crippen MR) is 96.0 cm³/mol. The quantitative estimate of drug-likeness (QED) is 0.863. The second-order valence-electron chi connectivity index (χ2n) is 6.10. The first-order valence-corrected chi connectivity index (χ1v) is 8.56. The predicted octanol–water partition coefficient (Wildman–Crippen LogP) is 3.95. The van der Waals surface area contributed by atoms with Crippen molar-refractivity contribution in [1.29, 1.82) is 0 Å². The van der Waals surface area contributed by atoms with Crippen LogP contribution in [-0.4, -0.2) is 29.8 Å². The molecule has 1 fully saturated rings. The van der Waals surface area contributed by atoms with Crippen LogP contribution in [0.3, 0.4) is 0 Å². The number of rotatable bonds is 5. The molecular weight excluding hydrogens is 318 g/mol. The Labute approximate surface area is 147 Å². The molecule has 6 heteroatoms. The van der Waals surface area contributed by atoms with Gasteiger partial charge in [0.25, 0.3) is 0 Å². The van der Waals surface area contributed by atoms with Crippen molar-refractivity contribution >= 4 is 11.8 Å². The number of nitrogens with zero attached hydrogens (tertiary/aromatic N) is 1. The molecular formula is C19H23N3O3. The molecule has 132 valence electrons. The summed E-state index contributed by atoms with van der Waals surface area (Å²) in [6, 6.07) is 14.4. The zero-order valence-corrected chi connectivity index (χ0v) is 14.3. The van der Waals surface area contributed by atoms with Crippen LogP contribution in [0.4, 0.5) is 10.6 Å². The van der Waals surface area contributed by atoms with Crippen LogP contribution in [0.1, 0.15) is 26.2 Å². The molecule has 1 aliphatic heterocycles. The average Bonchev–Trinajstić information content (AvgIpc) is 2.63. The summed E-state index contributed by atoms with van der Waals surface area (Å²) >= 11 is 0. The van der Waals surface area contributed by atoms with Gasteiger partial charge in [0.15, 0.2) is 0 Å². The molecule has 1 saturated heterocycles. The van der Waals surface area contributed by atoms with E-state index < -0.39 is 0 Å². The summed E-state index contributed by atoms with van der Waals surface area (Å²) in [4.78, 5) is 16.7. The highest BCUT2D eigenvalue weighted by Crippen LogP contribution is 2.24. The number of carbonyl (C=O) groups excluding carboxylic acids is 1. The second-order valence-corrected chi connectivity index (χ2v) is 6.10. The third-order valence-electron chi connectivity index (χ3n) is 4.44. The van der Waals surface area contributed by atoms with E-state index in [1.54, 1.807) is 18.2 Å². The first-order chi connectivity index (χ1) is 12.2. The van der Waals surface area contributed by atoms with Crippen LogP contribution in [0, 0.1) is 0 Å². The maximum absolute atomic E-state index is 12.4. The number of hydrogen-bond donors (Lipinski definition) is 2. The van der Waals surface area contributed by atoms with Crippen molar-refractivity contribution in [2.75, 3.05) is 18.5 Å². The van der Waals surface area contributed by atoms with Crippen LogP contribution in [0.25, 0.3) is 0 Å². The zero-order chi connectivity index (χ0) is 17.5. The van der Waals surface area contributed by atoms with Crippen molar-refractivity contribution < 1.29 is 14.3 Å². The minimum atomic E-state index is -0.256. The molecule has 2 amide bonds. The van der Waals surface area contributed by atoms with Gasteiger partial charge in [-0.05, 0) is 37.5 Å². The number of benzene rings is 1. The van der Waals surface area contributed by atoms with Gasteiger partial charge in [-0.1, -0.05) is 31.2 Å². The number of aromatic nitrogens is 1.